The van der Waals surface area contributed by atoms with Crippen molar-refractivity contribution in [3.63, 3.8) is 0 Å². The molecule has 0 aromatic carbocycles. The van der Waals surface area contributed by atoms with Gasteiger partial charge in [-0.15, -0.1) is 10.2 Å². The molecular weight excluding hydrogens is 202 g/mol. The highest BCUT2D eigenvalue weighted by Crippen LogP contribution is 2.22. The van der Waals surface area contributed by atoms with Gasteiger partial charge in [0.25, 0.3) is 0 Å². The first-order valence-electron chi connectivity index (χ1n) is 5.96. The molecule has 0 spiro atoms. The van der Waals surface area contributed by atoms with E-state index < -0.39 is 0 Å². The summed E-state index contributed by atoms with van der Waals surface area (Å²) in [5, 5.41) is 8.02. The monoisotopic (exact) mass is 223 g/mol. The van der Waals surface area contributed by atoms with Crippen molar-refractivity contribution in [2.75, 3.05) is 19.6 Å². The molecule has 0 bridgehead atoms. The molecule has 2 N–H and O–H groups in total. The molecule has 2 unspecified atom stereocenters. The van der Waals surface area contributed by atoms with Crippen molar-refractivity contribution in [3.05, 3.63) is 12.2 Å². The minimum Gasteiger partial charge on any atom is -0.330 e. The molecule has 0 amide bonds. The van der Waals surface area contributed by atoms with Crippen molar-refractivity contribution >= 4 is 0 Å². The van der Waals surface area contributed by atoms with Gasteiger partial charge in [0.2, 0.25) is 0 Å². The maximum absolute atomic E-state index is 5.80. The van der Waals surface area contributed by atoms with Crippen LogP contribution in [0.3, 0.4) is 0 Å². The Morgan fingerprint density at radius 3 is 3.00 bits per heavy atom. The lowest BCUT2D eigenvalue weighted by molar-refractivity contribution is 0.122. The first-order chi connectivity index (χ1) is 7.70. The number of piperidine rings is 1. The van der Waals surface area contributed by atoms with E-state index in [0.717, 1.165) is 37.9 Å². The number of hydrogen-bond acceptors (Lipinski definition) is 4. The number of aromatic nitrogens is 3. The second kappa shape index (κ2) is 4.93. The third-order valence-electron chi connectivity index (χ3n) is 3.67. The van der Waals surface area contributed by atoms with Gasteiger partial charge in [0, 0.05) is 13.6 Å². The van der Waals surface area contributed by atoms with Gasteiger partial charge in [0.1, 0.15) is 12.2 Å². The molecule has 0 saturated carbocycles. The van der Waals surface area contributed by atoms with E-state index in [4.69, 9.17) is 5.73 Å². The molecule has 2 rings (SSSR count). The quantitative estimate of drug-likeness (QED) is 0.797. The first kappa shape index (κ1) is 11.5. The fraction of sp³-hybridized carbons (Fsp3) is 0.818. The number of nitrogens with two attached hydrogens (primary N) is 1. The summed E-state index contributed by atoms with van der Waals surface area (Å²) >= 11 is 0. The molecule has 1 aromatic rings. The third-order valence-corrected chi connectivity index (χ3v) is 3.67. The van der Waals surface area contributed by atoms with Crippen LogP contribution < -0.4 is 5.73 Å². The highest BCUT2D eigenvalue weighted by molar-refractivity contribution is 4.87. The van der Waals surface area contributed by atoms with Gasteiger partial charge in [0.05, 0.1) is 6.54 Å². The smallest absolute Gasteiger partial charge is 0.146 e. The maximum Gasteiger partial charge on any atom is 0.146 e. The lowest BCUT2D eigenvalue weighted by atomic mass is 9.87. The molecule has 1 aliphatic rings. The zero-order valence-corrected chi connectivity index (χ0v) is 10.1. The Bertz CT molecular complexity index is 335. The number of rotatable bonds is 3. The van der Waals surface area contributed by atoms with Crippen LogP contribution in [0.5, 0.6) is 0 Å². The van der Waals surface area contributed by atoms with Crippen molar-refractivity contribution < 1.29 is 0 Å². The molecule has 2 heterocycles. The number of likely N-dealkylation sites (tertiary alicyclic amines) is 1. The maximum atomic E-state index is 5.80. The van der Waals surface area contributed by atoms with Crippen LogP contribution in [0, 0.1) is 11.8 Å². The van der Waals surface area contributed by atoms with Gasteiger partial charge in [-0.1, -0.05) is 6.92 Å². The molecule has 0 aliphatic carbocycles. The summed E-state index contributed by atoms with van der Waals surface area (Å²) in [6.45, 7) is 6.21. The van der Waals surface area contributed by atoms with Crippen LogP contribution in [0.4, 0.5) is 0 Å². The summed E-state index contributed by atoms with van der Waals surface area (Å²) in [5.74, 6) is 2.41. The van der Waals surface area contributed by atoms with Gasteiger partial charge in [-0.05, 0) is 31.3 Å². The summed E-state index contributed by atoms with van der Waals surface area (Å²) in [7, 11) is 1.99. The molecule has 90 valence electrons. The lowest BCUT2D eigenvalue weighted by Gasteiger charge is -2.36. The van der Waals surface area contributed by atoms with Gasteiger partial charge in [-0.2, -0.15) is 0 Å². The predicted molar refractivity (Wildman–Crippen MR) is 62.6 cm³/mol. The van der Waals surface area contributed by atoms with Crippen LogP contribution in [0.1, 0.15) is 19.2 Å². The summed E-state index contributed by atoms with van der Waals surface area (Å²) < 4.78 is 1.98. The zero-order valence-electron chi connectivity index (χ0n) is 10.1. The average molecular weight is 223 g/mol. The lowest BCUT2D eigenvalue weighted by Crippen LogP contribution is -2.42. The number of aryl methyl sites for hydroxylation is 1. The van der Waals surface area contributed by atoms with E-state index in [1.807, 2.05) is 11.6 Å². The topological polar surface area (TPSA) is 60.0 Å². The van der Waals surface area contributed by atoms with Crippen molar-refractivity contribution in [2.45, 2.75) is 19.9 Å². The van der Waals surface area contributed by atoms with E-state index in [2.05, 4.69) is 22.0 Å². The van der Waals surface area contributed by atoms with E-state index in [1.165, 1.54) is 6.42 Å². The van der Waals surface area contributed by atoms with Gasteiger partial charge in [-0.25, -0.2) is 0 Å². The summed E-state index contributed by atoms with van der Waals surface area (Å²) in [4.78, 5) is 2.43. The normalized spacial score (nSPS) is 27.2. The molecule has 16 heavy (non-hydrogen) atoms. The third kappa shape index (κ3) is 2.41. The van der Waals surface area contributed by atoms with E-state index in [-0.39, 0.29) is 0 Å². The largest absolute Gasteiger partial charge is 0.330 e. The van der Waals surface area contributed by atoms with E-state index in [0.29, 0.717) is 5.92 Å². The van der Waals surface area contributed by atoms with Gasteiger partial charge in [0.15, 0.2) is 0 Å². The Morgan fingerprint density at radius 2 is 2.38 bits per heavy atom. The molecule has 0 radical (unpaired) electrons. The first-order valence-corrected chi connectivity index (χ1v) is 5.96. The van der Waals surface area contributed by atoms with Gasteiger partial charge in [-0.3, -0.25) is 4.90 Å². The SMILES string of the molecule is CC1CCN(Cc2nncn2C)CC1CN. The van der Waals surface area contributed by atoms with Crippen LogP contribution in [-0.2, 0) is 13.6 Å². The molecule has 5 heteroatoms. The molecule has 1 aromatic heterocycles. The fourth-order valence-corrected chi connectivity index (χ4v) is 2.33. The summed E-state index contributed by atoms with van der Waals surface area (Å²) in [5.41, 5.74) is 5.80. The van der Waals surface area contributed by atoms with Crippen molar-refractivity contribution in [2.24, 2.45) is 24.6 Å². The molecule has 1 saturated heterocycles. The van der Waals surface area contributed by atoms with Crippen LogP contribution in [-0.4, -0.2) is 39.3 Å². The molecule has 1 fully saturated rings. The highest BCUT2D eigenvalue weighted by atomic mass is 15.3. The Balaban J connectivity index is 1.94. The highest BCUT2D eigenvalue weighted by Gasteiger charge is 2.25. The average Bonchev–Trinajstić information content (AvgIpc) is 2.67. The fourth-order valence-electron chi connectivity index (χ4n) is 2.33. The molecule has 5 nitrogen and oxygen atoms in total. The molecule has 1 aliphatic heterocycles. The Labute approximate surface area is 96.6 Å². The Kier molecular flexibility index (Phi) is 3.56. The van der Waals surface area contributed by atoms with Crippen LogP contribution in [0.25, 0.3) is 0 Å². The standard InChI is InChI=1S/C11H21N5/c1-9-3-4-16(6-10(9)5-12)7-11-14-13-8-15(11)2/h8-10H,3-7,12H2,1-2H3. The van der Waals surface area contributed by atoms with Crippen molar-refractivity contribution in [1.29, 1.82) is 0 Å². The Hall–Kier alpha value is -0.940. The van der Waals surface area contributed by atoms with E-state index in [1.54, 1.807) is 6.33 Å². The van der Waals surface area contributed by atoms with Crippen LogP contribution >= 0.6 is 0 Å². The Morgan fingerprint density at radius 1 is 1.56 bits per heavy atom. The molecular formula is C11H21N5. The van der Waals surface area contributed by atoms with Crippen LogP contribution in [0.15, 0.2) is 6.33 Å². The summed E-state index contributed by atoms with van der Waals surface area (Å²) in [6, 6.07) is 0. The number of hydrogen-bond donors (Lipinski definition) is 1. The minimum atomic E-state index is 0.627. The van der Waals surface area contributed by atoms with Gasteiger partial charge < -0.3 is 10.3 Å². The number of nitrogens with zero attached hydrogens (tertiary/aromatic N) is 4. The predicted octanol–water partition coefficient (Wildman–Crippen LogP) is 0.232. The zero-order chi connectivity index (χ0) is 11.5. The van der Waals surface area contributed by atoms with Gasteiger partial charge >= 0.3 is 0 Å². The van der Waals surface area contributed by atoms with E-state index in [9.17, 15) is 0 Å². The second-order valence-electron chi connectivity index (χ2n) is 4.85. The van der Waals surface area contributed by atoms with Crippen LogP contribution in [0.2, 0.25) is 0 Å². The minimum absolute atomic E-state index is 0.627. The summed E-state index contributed by atoms with van der Waals surface area (Å²) in [6.07, 6.45) is 2.99. The molecule has 2 atom stereocenters. The van der Waals surface area contributed by atoms with E-state index >= 15 is 0 Å². The van der Waals surface area contributed by atoms with Crippen molar-refractivity contribution in [1.82, 2.24) is 19.7 Å². The second-order valence-corrected chi connectivity index (χ2v) is 4.85. The van der Waals surface area contributed by atoms with Crippen molar-refractivity contribution in [3.8, 4) is 0 Å².